The summed E-state index contributed by atoms with van der Waals surface area (Å²) in [4.78, 5) is 0. The Bertz CT molecular complexity index is 355. The van der Waals surface area contributed by atoms with Gasteiger partial charge in [-0.1, -0.05) is 6.92 Å². The van der Waals surface area contributed by atoms with E-state index in [4.69, 9.17) is 10.8 Å². The van der Waals surface area contributed by atoms with Gasteiger partial charge in [0, 0.05) is 5.56 Å². The second-order valence-electron chi connectivity index (χ2n) is 3.10. The lowest BCUT2D eigenvalue weighted by Crippen LogP contribution is -2.10. The summed E-state index contributed by atoms with van der Waals surface area (Å²) in [6.07, 6.45) is 0. The van der Waals surface area contributed by atoms with Crippen LogP contribution in [0.25, 0.3) is 0 Å². The molecule has 1 aromatic carbocycles. The van der Waals surface area contributed by atoms with Gasteiger partial charge in [-0.25, -0.2) is 4.39 Å². The number of benzene rings is 1. The predicted molar refractivity (Wildman–Crippen MR) is 47.2 cm³/mol. The van der Waals surface area contributed by atoms with Crippen LogP contribution >= 0.6 is 0 Å². The van der Waals surface area contributed by atoms with E-state index in [0.29, 0.717) is 0 Å². The molecule has 3 nitrogen and oxygen atoms in total. The number of aromatic hydroxyl groups is 2. The van der Waals surface area contributed by atoms with E-state index < -0.39 is 23.1 Å². The fraction of sp³-hybridized carbons (Fsp3) is 0.333. The average Bonchev–Trinajstić information content (AvgIpc) is 2.19. The molecule has 0 radical (unpaired) electrons. The number of nitrogens with two attached hydrogens (primary N) is 1. The summed E-state index contributed by atoms with van der Waals surface area (Å²) in [6.45, 7) is 1.77. The smallest absolute Gasteiger partial charge is 0.209 e. The fourth-order valence-corrected chi connectivity index (χ4v) is 1.12. The van der Waals surface area contributed by atoms with Crippen molar-refractivity contribution in [2.45, 2.75) is 12.8 Å². The second-order valence-corrected chi connectivity index (χ2v) is 3.10. The van der Waals surface area contributed by atoms with Crippen molar-refractivity contribution in [3.63, 3.8) is 0 Å². The maximum Gasteiger partial charge on any atom is 0.209 e. The van der Waals surface area contributed by atoms with Crippen molar-refractivity contribution in [2.75, 3.05) is 6.54 Å². The number of hydrogen-bond donors (Lipinski definition) is 3. The van der Waals surface area contributed by atoms with Gasteiger partial charge in [0.1, 0.15) is 0 Å². The van der Waals surface area contributed by atoms with E-state index in [1.54, 1.807) is 6.92 Å². The molecule has 78 valence electrons. The van der Waals surface area contributed by atoms with Crippen LogP contribution in [-0.2, 0) is 0 Å². The molecule has 1 aromatic rings. The Hall–Kier alpha value is -1.36. The average molecular weight is 203 g/mol. The zero-order valence-electron chi connectivity index (χ0n) is 7.59. The van der Waals surface area contributed by atoms with Gasteiger partial charge in [-0.15, -0.1) is 0 Å². The van der Waals surface area contributed by atoms with Gasteiger partial charge in [0.2, 0.25) is 5.82 Å². The standard InChI is InChI=1S/C9H11F2NO2/c1-4(3-12)5-2-6(10)9(14)7(11)8(5)13/h2,4,13-14H,3,12H2,1H3. The summed E-state index contributed by atoms with van der Waals surface area (Å²) in [7, 11) is 0. The van der Waals surface area contributed by atoms with Crippen LogP contribution < -0.4 is 5.73 Å². The molecule has 1 atom stereocenters. The van der Waals surface area contributed by atoms with Crippen LogP contribution in [0.1, 0.15) is 18.4 Å². The Balaban J connectivity index is 3.33. The number of halogens is 2. The molecule has 0 aliphatic rings. The second kappa shape index (κ2) is 3.79. The molecule has 0 bridgehead atoms. The van der Waals surface area contributed by atoms with E-state index in [1.165, 1.54) is 0 Å². The molecule has 0 aliphatic carbocycles. The van der Waals surface area contributed by atoms with Crippen molar-refractivity contribution in [1.29, 1.82) is 0 Å². The van der Waals surface area contributed by atoms with Gasteiger partial charge in [0.05, 0.1) is 0 Å². The molecule has 0 spiro atoms. The molecule has 14 heavy (non-hydrogen) atoms. The Kier molecular flexibility index (Phi) is 2.90. The highest BCUT2D eigenvalue weighted by Crippen LogP contribution is 2.34. The number of rotatable bonds is 2. The minimum Gasteiger partial charge on any atom is -0.505 e. The van der Waals surface area contributed by atoms with Crippen molar-refractivity contribution >= 4 is 0 Å². The normalized spacial score (nSPS) is 12.9. The summed E-state index contributed by atoms with van der Waals surface area (Å²) in [5, 5.41) is 18.1. The lowest BCUT2D eigenvalue weighted by Gasteiger charge is -2.12. The zero-order valence-corrected chi connectivity index (χ0v) is 7.59. The van der Waals surface area contributed by atoms with Crippen LogP contribution in [0.2, 0.25) is 0 Å². The highest BCUT2D eigenvalue weighted by molar-refractivity contribution is 5.43. The van der Waals surface area contributed by atoms with Gasteiger partial charge in [-0.2, -0.15) is 4.39 Å². The van der Waals surface area contributed by atoms with Crippen molar-refractivity contribution < 1.29 is 19.0 Å². The zero-order chi connectivity index (χ0) is 10.9. The molecule has 0 heterocycles. The molecule has 0 saturated carbocycles. The summed E-state index contributed by atoms with van der Waals surface area (Å²) in [5.74, 6) is -4.74. The summed E-state index contributed by atoms with van der Waals surface area (Å²) < 4.78 is 25.8. The van der Waals surface area contributed by atoms with Crippen LogP contribution in [0.3, 0.4) is 0 Å². The molecular formula is C9H11F2NO2. The lowest BCUT2D eigenvalue weighted by atomic mass is 9.99. The minimum absolute atomic E-state index is 0.0558. The van der Waals surface area contributed by atoms with Gasteiger partial charge in [0.25, 0.3) is 0 Å². The highest BCUT2D eigenvalue weighted by atomic mass is 19.1. The lowest BCUT2D eigenvalue weighted by molar-refractivity contribution is 0.361. The Morgan fingerprint density at radius 1 is 1.36 bits per heavy atom. The number of phenols is 2. The SMILES string of the molecule is CC(CN)c1cc(F)c(O)c(F)c1O. The largest absolute Gasteiger partial charge is 0.505 e. The third-order valence-corrected chi connectivity index (χ3v) is 2.08. The maximum atomic E-state index is 13.0. The van der Waals surface area contributed by atoms with Gasteiger partial charge in [-0.3, -0.25) is 0 Å². The molecule has 4 N–H and O–H groups in total. The van der Waals surface area contributed by atoms with Crippen LogP contribution in [0, 0.1) is 11.6 Å². The number of phenolic OH excluding ortho intramolecular Hbond substituents is 2. The molecule has 0 fully saturated rings. The predicted octanol–water partition coefficient (Wildman–Crippen LogP) is 1.44. The van der Waals surface area contributed by atoms with E-state index in [2.05, 4.69) is 0 Å². The Morgan fingerprint density at radius 3 is 2.43 bits per heavy atom. The van der Waals surface area contributed by atoms with Crippen molar-refractivity contribution in [3.8, 4) is 11.5 Å². The van der Waals surface area contributed by atoms with Crippen molar-refractivity contribution in [3.05, 3.63) is 23.3 Å². The van der Waals surface area contributed by atoms with E-state index in [0.717, 1.165) is 6.07 Å². The minimum atomic E-state index is -1.35. The first-order valence-electron chi connectivity index (χ1n) is 4.09. The van der Waals surface area contributed by atoms with Crippen LogP contribution in [-0.4, -0.2) is 16.8 Å². The van der Waals surface area contributed by atoms with E-state index in [-0.39, 0.29) is 18.0 Å². The summed E-state index contributed by atoms with van der Waals surface area (Å²) in [5.41, 5.74) is 5.35. The first kappa shape index (κ1) is 10.7. The first-order valence-corrected chi connectivity index (χ1v) is 4.09. The first-order chi connectivity index (χ1) is 6.49. The van der Waals surface area contributed by atoms with Crippen LogP contribution in [0.15, 0.2) is 6.07 Å². The molecule has 1 unspecified atom stereocenters. The maximum absolute atomic E-state index is 13.0. The van der Waals surface area contributed by atoms with E-state index in [1.807, 2.05) is 0 Å². The van der Waals surface area contributed by atoms with Gasteiger partial charge >= 0.3 is 0 Å². The quantitative estimate of drug-likeness (QED) is 0.681. The van der Waals surface area contributed by atoms with Gasteiger partial charge in [0.15, 0.2) is 17.3 Å². The third-order valence-electron chi connectivity index (χ3n) is 2.08. The van der Waals surface area contributed by atoms with Crippen LogP contribution in [0.5, 0.6) is 11.5 Å². The number of hydrogen-bond acceptors (Lipinski definition) is 3. The van der Waals surface area contributed by atoms with Crippen molar-refractivity contribution in [1.82, 2.24) is 0 Å². The van der Waals surface area contributed by atoms with Gasteiger partial charge < -0.3 is 15.9 Å². The van der Waals surface area contributed by atoms with Crippen LogP contribution in [0.4, 0.5) is 8.78 Å². The summed E-state index contributed by atoms with van der Waals surface area (Å²) >= 11 is 0. The monoisotopic (exact) mass is 203 g/mol. The molecule has 0 aromatic heterocycles. The molecule has 0 aliphatic heterocycles. The third kappa shape index (κ3) is 1.63. The fourth-order valence-electron chi connectivity index (χ4n) is 1.12. The molecule has 0 saturated heterocycles. The van der Waals surface area contributed by atoms with Crippen molar-refractivity contribution in [2.24, 2.45) is 5.73 Å². The van der Waals surface area contributed by atoms with E-state index in [9.17, 15) is 13.9 Å². The van der Waals surface area contributed by atoms with E-state index >= 15 is 0 Å². The topological polar surface area (TPSA) is 66.5 Å². The molecular weight excluding hydrogens is 192 g/mol. The molecule has 0 amide bonds. The Labute approximate surface area is 79.8 Å². The Morgan fingerprint density at radius 2 is 1.93 bits per heavy atom. The highest BCUT2D eigenvalue weighted by Gasteiger charge is 2.19. The molecule has 1 rings (SSSR count). The summed E-state index contributed by atoms with van der Waals surface area (Å²) in [6, 6.07) is 0.880. The molecule has 5 heteroatoms. The van der Waals surface area contributed by atoms with Gasteiger partial charge in [-0.05, 0) is 18.5 Å².